The highest BCUT2D eigenvalue weighted by Gasteiger charge is 2.35. The predicted octanol–water partition coefficient (Wildman–Crippen LogP) is 3.87. The lowest BCUT2D eigenvalue weighted by Gasteiger charge is -2.22. The van der Waals surface area contributed by atoms with E-state index in [4.69, 9.17) is 4.74 Å². The Kier molecular flexibility index (Phi) is 6.72. The van der Waals surface area contributed by atoms with E-state index in [0.717, 1.165) is 28.7 Å². The number of amides is 1. The number of carbonyl (C=O) groups excluding carboxylic acids is 1. The van der Waals surface area contributed by atoms with E-state index >= 15 is 0 Å². The van der Waals surface area contributed by atoms with Crippen molar-refractivity contribution < 1.29 is 29.3 Å². The normalized spacial score (nSPS) is 14.3. The van der Waals surface area contributed by atoms with Crippen LogP contribution < -0.4 is 5.32 Å². The maximum atomic E-state index is 12.3. The summed E-state index contributed by atoms with van der Waals surface area (Å²) in [7, 11) is 0. The van der Waals surface area contributed by atoms with Crippen LogP contribution in [0.3, 0.4) is 0 Å². The predicted molar refractivity (Wildman–Crippen MR) is 110 cm³/mol. The molecule has 30 heavy (non-hydrogen) atoms. The molecule has 0 bridgehead atoms. The molecule has 158 valence electrons. The minimum absolute atomic E-state index is 0.0267. The van der Waals surface area contributed by atoms with Crippen LogP contribution in [0, 0.1) is 5.92 Å². The Morgan fingerprint density at radius 3 is 2.03 bits per heavy atom. The number of ether oxygens (including phenoxy) is 1. The molecule has 2 atom stereocenters. The fraction of sp³-hybridized carbons (Fsp3) is 0.348. The second-order valence-corrected chi connectivity index (χ2v) is 7.37. The molecule has 0 radical (unpaired) electrons. The van der Waals surface area contributed by atoms with Crippen LogP contribution in [0.15, 0.2) is 48.5 Å². The van der Waals surface area contributed by atoms with Gasteiger partial charge in [-0.1, -0.05) is 68.3 Å². The number of nitrogens with one attached hydrogen (secondary N) is 1. The van der Waals surface area contributed by atoms with Gasteiger partial charge in [-0.25, -0.2) is 9.59 Å². The molecule has 0 saturated heterocycles. The number of carbonyl (C=O) groups is 3. The summed E-state index contributed by atoms with van der Waals surface area (Å²) in [4.78, 5) is 35.5. The highest BCUT2D eigenvalue weighted by Crippen LogP contribution is 2.44. The minimum Gasteiger partial charge on any atom is -0.481 e. The van der Waals surface area contributed by atoms with Crippen molar-refractivity contribution in [3.8, 4) is 11.1 Å². The Bertz CT molecular complexity index is 895. The molecule has 2 unspecified atom stereocenters. The number of fused-ring (bicyclic) bond motifs is 3. The van der Waals surface area contributed by atoms with Gasteiger partial charge in [0.25, 0.3) is 0 Å². The zero-order chi connectivity index (χ0) is 21.7. The molecule has 2 aromatic carbocycles. The SMILES string of the molecule is CCCCC(C(=O)O)C(NC(=O)OCC1c2ccccc2-c2ccccc21)C(=O)O. The molecule has 3 N–H and O–H groups in total. The van der Waals surface area contributed by atoms with Gasteiger partial charge in [0.15, 0.2) is 0 Å². The molecule has 7 heteroatoms. The highest BCUT2D eigenvalue weighted by molar-refractivity contribution is 5.86. The van der Waals surface area contributed by atoms with Crippen molar-refractivity contribution in [2.75, 3.05) is 6.61 Å². The molecule has 0 saturated carbocycles. The molecule has 1 amide bonds. The van der Waals surface area contributed by atoms with Crippen LogP contribution in [0.5, 0.6) is 0 Å². The molecule has 3 rings (SSSR count). The average Bonchev–Trinajstić information content (AvgIpc) is 3.05. The van der Waals surface area contributed by atoms with Crippen LogP contribution in [0.4, 0.5) is 4.79 Å². The van der Waals surface area contributed by atoms with Gasteiger partial charge in [0.05, 0.1) is 5.92 Å². The number of carboxylic acid groups (broad SMARTS) is 2. The van der Waals surface area contributed by atoms with Gasteiger partial charge in [-0.15, -0.1) is 0 Å². The Morgan fingerprint density at radius 2 is 1.53 bits per heavy atom. The van der Waals surface area contributed by atoms with Crippen molar-refractivity contribution >= 4 is 18.0 Å². The van der Waals surface area contributed by atoms with Crippen LogP contribution in [-0.2, 0) is 14.3 Å². The first-order chi connectivity index (χ1) is 14.4. The van der Waals surface area contributed by atoms with Gasteiger partial charge < -0.3 is 20.3 Å². The van der Waals surface area contributed by atoms with E-state index in [1.54, 1.807) is 0 Å². The van der Waals surface area contributed by atoms with Gasteiger partial charge in [0, 0.05) is 5.92 Å². The molecular weight excluding hydrogens is 386 g/mol. The fourth-order valence-corrected chi connectivity index (χ4v) is 3.96. The number of unbranched alkanes of at least 4 members (excludes halogenated alkanes) is 1. The van der Waals surface area contributed by atoms with E-state index in [2.05, 4.69) is 5.32 Å². The number of carboxylic acids is 2. The summed E-state index contributed by atoms with van der Waals surface area (Å²) in [5, 5.41) is 21.1. The van der Waals surface area contributed by atoms with Crippen LogP contribution >= 0.6 is 0 Å². The Hall–Kier alpha value is -3.35. The summed E-state index contributed by atoms with van der Waals surface area (Å²) < 4.78 is 5.35. The smallest absolute Gasteiger partial charge is 0.407 e. The molecule has 0 fully saturated rings. The van der Waals surface area contributed by atoms with Crippen LogP contribution in [-0.4, -0.2) is 40.9 Å². The molecule has 0 aromatic heterocycles. The molecule has 0 aliphatic heterocycles. The Balaban J connectivity index is 1.70. The summed E-state index contributed by atoms with van der Waals surface area (Å²) in [5.41, 5.74) is 4.23. The minimum atomic E-state index is -1.55. The third kappa shape index (κ3) is 4.45. The van der Waals surface area contributed by atoms with E-state index in [-0.39, 0.29) is 18.9 Å². The summed E-state index contributed by atoms with van der Waals surface area (Å²) in [6.07, 6.45) is 0.493. The zero-order valence-corrected chi connectivity index (χ0v) is 16.7. The molecule has 0 heterocycles. The summed E-state index contributed by atoms with van der Waals surface area (Å²) in [6, 6.07) is 14.2. The van der Waals surface area contributed by atoms with Gasteiger partial charge in [-0.2, -0.15) is 0 Å². The number of hydrogen-bond acceptors (Lipinski definition) is 4. The van der Waals surface area contributed by atoms with E-state index in [1.807, 2.05) is 55.5 Å². The fourth-order valence-electron chi connectivity index (χ4n) is 3.96. The highest BCUT2D eigenvalue weighted by atomic mass is 16.5. The van der Waals surface area contributed by atoms with Crippen molar-refractivity contribution in [3.05, 3.63) is 59.7 Å². The zero-order valence-electron chi connectivity index (χ0n) is 16.7. The largest absolute Gasteiger partial charge is 0.481 e. The van der Waals surface area contributed by atoms with Gasteiger partial charge in [0.1, 0.15) is 12.6 Å². The van der Waals surface area contributed by atoms with E-state index in [0.29, 0.717) is 6.42 Å². The lowest BCUT2D eigenvalue weighted by Crippen LogP contribution is -2.48. The molecule has 1 aliphatic rings. The van der Waals surface area contributed by atoms with Crippen molar-refractivity contribution in [1.29, 1.82) is 0 Å². The van der Waals surface area contributed by atoms with Crippen LogP contribution in [0.1, 0.15) is 43.2 Å². The van der Waals surface area contributed by atoms with E-state index in [9.17, 15) is 24.6 Å². The number of alkyl carbamates (subject to hydrolysis) is 1. The summed E-state index contributed by atoms with van der Waals surface area (Å²) in [6.45, 7) is 1.91. The second kappa shape index (κ2) is 9.43. The maximum Gasteiger partial charge on any atom is 0.407 e. The lowest BCUT2D eigenvalue weighted by molar-refractivity contribution is -0.151. The summed E-state index contributed by atoms with van der Waals surface area (Å²) >= 11 is 0. The van der Waals surface area contributed by atoms with Crippen molar-refractivity contribution in [2.45, 2.75) is 38.1 Å². The van der Waals surface area contributed by atoms with Crippen molar-refractivity contribution in [2.24, 2.45) is 5.92 Å². The van der Waals surface area contributed by atoms with E-state index < -0.39 is 30.0 Å². The first-order valence-corrected chi connectivity index (χ1v) is 10.0. The van der Waals surface area contributed by atoms with Gasteiger partial charge in [0.2, 0.25) is 0 Å². The molecule has 0 spiro atoms. The second-order valence-electron chi connectivity index (χ2n) is 7.37. The van der Waals surface area contributed by atoms with Gasteiger partial charge >= 0.3 is 18.0 Å². The topological polar surface area (TPSA) is 113 Å². The molecule has 1 aliphatic carbocycles. The molecule has 7 nitrogen and oxygen atoms in total. The number of hydrogen-bond donors (Lipinski definition) is 3. The Morgan fingerprint density at radius 1 is 0.967 bits per heavy atom. The molecule has 2 aromatic rings. The lowest BCUT2D eigenvalue weighted by atomic mass is 9.94. The molecular formula is C23H25NO6. The number of benzene rings is 2. The first-order valence-electron chi connectivity index (χ1n) is 10.0. The van der Waals surface area contributed by atoms with Crippen LogP contribution in [0.2, 0.25) is 0 Å². The Labute approximate surface area is 174 Å². The van der Waals surface area contributed by atoms with Crippen LogP contribution in [0.25, 0.3) is 11.1 Å². The van der Waals surface area contributed by atoms with Crippen molar-refractivity contribution in [3.63, 3.8) is 0 Å². The monoisotopic (exact) mass is 411 g/mol. The van der Waals surface area contributed by atoms with Gasteiger partial charge in [-0.05, 0) is 28.7 Å². The van der Waals surface area contributed by atoms with Crippen molar-refractivity contribution in [1.82, 2.24) is 5.32 Å². The third-order valence-electron chi connectivity index (χ3n) is 5.47. The number of aliphatic carboxylic acids is 2. The average molecular weight is 411 g/mol. The summed E-state index contributed by atoms with van der Waals surface area (Å²) in [5.74, 6) is -4.04. The van der Waals surface area contributed by atoms with Gasteiger partial charge in [-0.3, -0.25) is 4.79 Å². The maximum absolute atomic E-state index is 12.3. The van der Waals surface area contributed by atoms with E-state index in [1.165, 1.54) is 0 Å². The number of rotatable bonds is 9. The third-order valence-corrected chi connectivity index (χ3v) is 5.47. The first kappa shape index (κ1) is 21.4. The standard InChI is InChI=1S/C23H25NO6/c1-2-3-8-18(21(25)26)20(22(27)28)24-23(29)30-13-19-16-11-6-4-9-14(16)15-10-5-7-12-17(15)19/h4-7,9-12,18-20H,2-3,8,13H2,1H3,(H,24,29)(H,25,26)(H,27,28). The quantitative estimate of drug-likeness (QED) is 0.577.